The van der Waals surface area contributed by atoms with Crippen LogP contribution >= 0.6 is 0 Å². The number of hydrogen-bond acceptors (Lipinski definition) is 7. The quantitative estimate of drug-likeness (QED) is 0.584. The lowest BCUT2D eigenvalue weighted by Gasteiger charge is -2.15. The van der Waals surface area contributed by atoms with Gasteiger partial charge in [-0.05, 0) is 12.1 Å². The predicted octanol–water partition coefficient (Wildman–Crippen LogP) is 3.05. The van der Waals surface area contributed by atoms with Crippen molar-refractivity contribution in [1.82, 2.24) is 14.5 Å². The van der Waals surface area contributed by atoms with Crippen molar-refractivity contribution in [1.29, 1.82) is 5.26 Å². The molecule has 0 atom stereocenters. The second kappa shape index (κ2) is 6.63. The summed E-state index contributed by atoms with van der Waals surface area (Å²) >= 11 is 0. The molecule has 4 rings (SSSR count). The molecule has 0 saturated carbocycles. The lowest BCUT2D eigenvalue weighted by Crippen LogP contribution is -2.04. The van der Waals surface area contributed by atoms with E-state index in [2.05, 4.69) is 11.1 Å². The number of rotatable bonds is 4. The van der Waals surface area contributed by atoms with Gasteiger partial charge in [0.2, 0.25) is 5.75 Å². The van der Waals surface area contributed by atoms with Crippen LogP contribution in [0.1, 0.15) is 5.56 Å². The normalized spacial score (nSPS) is 10.8. The fraction of sp³-hybridized carbons (Fsp3) is 0.150. The van der Waals surface area contributed by atoms with Gasteiger partial charge in [0.25, 0.3) is 0 Å². The number of nitriles is 1. The molecule has 0 saturated heterocycles. The molecule has 0 fully saturated rings. The van der Waals surface area contributed by atoms with Gasteiger partial charge in [-0.1, -0.05) is 12.1 Å². The van der Waals surface area contributed by atoms with E-state index in [1.54, 1.807) is 16.7 Å². The molecular weight excluding hydrogens is 358 g/mol. The second-order valence-electron chi connectivity index (χ2n) is 5.98. The molecule has 0 aliphatic carbocycles. The maximum atomic E-state index is 9.65. The minimum absolute atomic E-state index is 0.238. The van der Waals surface area contributed by atoms with Crippen LogP contribution < -0.4 is 19.9 Å². The molecule has 0 unspecified atom stereocenters. The molecule has 0 aliphatic heterocycles. The van der Waals surface area contributed by atoms with E-state index in [9.17, 15) is 5.26 Å². The first kappa shape index (κ1) is 17.4. The number of aromatic nitrogens is 3. The monoisotopic (exact) mass is 375 g/mol. The molecule has 0 amide bonds. The maximum Gasteiger partial charge on any atom is 0.203 e. The predicted molar refractivity (Wildman–Crippen MR) is 105 cm³/mol. The third-order valence-electron chi connectivity index (χ3n) is 4.52. The van der Waals surface area contributed by atoms with E-state index < -0.39 is 0 Å². The summed E-state index contributed by atoms with van der Waals surface area (Å²) in [5.74, 6) is 1.62. The Labute approximate surface area is 160 Å². The number of benzene rings is 2. The maximum absolute atomic E-state index is 9.65. The molecular formula is C20H17N5O3. The van der Waals surface area contributed by atoms with Gasteiger partial charge in [-0.2, -0.15) is 5.26 Å². The smallest absolute Gasteiger partial charge is 0.203 e. The van der Waals surface area contributed by atoms with Crippen LogP contribution in [0.3, 0.4) is 0 Å². The summed E-state index contributed by atoms with van der Waals surface area (Å²) in [5.41, 5.74) is 9.50. The van der Waals surface area contributed by atoms with Crippen molar-refractivity contribution in [3.05, 3.63) is 42.0 Å². The van der Waals surface area contributed by atoms with Crippen molar-refractivity contribution < 1.29 is 14.2 Å². The van der Waals surface area contributed by atoms with Gasteiger partial charge in [0.1, 0.15) is 23.0 Å². The Bertz CT molecular complexity index is 1230. The van der Waals surface area contributed by atoms with E-state index in [4.69, 9.17) is 24.9 Å². The summed E-state index contributed by atoms with van der Waals surface area (Å²) in [4.78, 5) is 9.29. The van der Waals surface area contributed by atoms with Crippen LogP contribution in [0.25, 0.3) is 27.9 Å². The highest BCUT2D eigenvalue weighted by molar-refractivity contribution is 5.93. The Morgan fingerprint density at radius 1 is 0.964 bits per heavy atom. The Hall–Kier alpha value is -3.99. The lowest BCUT2D eigenvalue weighted by atomic mass is 10.2. The molecule has 0 spiro atoms. The van der Waals surface area contributed by atoms with Crippen molar-refractivity contribution in [2.45, 2.75) is 0 Å². The van der Waals surface area contributed by atoms with Gasteiger partial charge in [-0.25, -0.2) is 9.97 Å². The average molecular weight is 375 g/mol. The molecule has 0 aliphatic rings. The standard InChI is InChI=1S/C20H17N5O3/c1-26-15-8-11(9-16(27-2)18(15)28-3)25-19(22)12(10-21)17-20(25)24-14-7-5-4-6-13(14)23-17/h4-9H,22H2,1-3H3. The van der Waals surface area contributed by atoms with Gasteiger partial charge in [-0.15, -0.1) is 0 Å². The van der Waals surface area contributed by atoms with Gasteiger partial charge < -0.3 is 19.9 Å². The molecule has 0 radical (unpaired) electrons. The number of nitrogen functional groups attached to an aromatic ring is 1. The van der Waals surface area contributed by atoms with Crippen molar-refractivity contribution in [3.8, 4) is 29.0 Å². The lowest BCUT2D eigenvalue weighted by molar-refractivity contribution is 0.324. The van der Waals surface area contributed by atoms with E-state index in [-0.39, 0.29) is 11.4 Å². The summed E-state index contributed by atoms with van der Waals surface area (Å²) in [6.07, 6.45) is 0. The number of hydrogen-bond donors (Lipinski definition) is 1. The highest BCUT2D eigenvalue weighted by Gasteiger charge is 2.22. The zero-order chi connectivity index (χ0) is 19.8. The fourth-order valence-corrected chi connectivity index (χ4v) is 3.23. The SMILES string of the molecule is COc1cc(-n2c(N)c(C#N)c3nc4ccccc4nc32)cc(OC)c1OC. The van der Waals surface area contributed by atoms with Crippen LogP contribution in [0.5, 0.6) is 17.2 Å². The van der Waals surface area contributed by atoms with Gasteiger partial charge in [0, 0.05) is 12.1 Å². The van der Waals surface area contributed by atoms with Crippen molar-refractivity contribution in [2.24, 2.45) is 0 Å². The number of anilines is 1. The fourth-order valence-electron chi connectivity index (χ4n) is 3.23. The van der Waals surface area contributed by atoms with Crippen LogP contribution in [-0.2, 0) is 0 Å². The average Bonchev–Trinajstić information content (AvgIpc) is 3.00. The first-order valence-corrected chi connectivity index (χ1v) is 8.40. The molecule has 2 N–H and O–H groups in total. The van der Waals surface area contributed by atoms with Gasteiger partial charge in [-0.3, -0.25) is 4.57 Å². The Morgan fingerprint density at radius 3 is 2.11 bits per heavy atom. The van der Waals surface area contributed by atoms with E-state index in [1.165, 1.54) is 21.3 Å². The Balaban J connectivity index is 2.10. The number of fused-ring (bicyclic) bond motifs is 2. The summed E-state index contributed by atoms with van der Waals surface area (Å²) in [5, 5.41) is 9.65. The molecule has 2 aromatic heterocycles. The number of para-hydroxylation sites is 2. The molecule has 2 aromatic carbocycles. The highest BCUT2D eigenvalue weighted by atomic mass is 16.5. The molecule has 140 valence electrons. The van der Waals surface area contributed by atoms with Crippen LogP contribution in [-0.4, -0.2) is 35.9 Å². The first-order valence-electron chi connectivity index (χ1n) is 8.40. The molecule has 2 heterocycles. The van der Waals surface area contributed by atoms with E-state index in [0.29, 0.717) is 45.1 Å². The van der Waals surface area contributed by atoms with Crippen LogP contribution in [0.2, 0.25) is 0 Å². The molecule has 8 nitrogen and oxygen atoms in total. The highest BCUT2D eigenvalue weighted by Crippen LogP contribution is 2.41. The summed E-state index contributed by atoms with van der Waals surface area (Å²) in [6, 6.07) is 13.1. The molecule has 4 aromatic rings. The zero-order valence-corrected chi connectivity index (χ0v) is 15.6. The van der Waals surface area contributed by atoms with E-state index in [0.717, 1.165) is 0 Å². The van der Waals surface area contributed by atoms with Crippen molar-refractivity contribution in [2.75, 3.05) is 27.1 Å². The zero-order valence-electron chi connectivity index (χ0n) is 15.6. The minimum Gasteiger partial charge on any atom is -0.493 e. The number of nitrogens with zero attached hydrogens (tertiary/aromatic N) is 4. The molecule has 8 heteroatoms. The van der Waals surface area contributed by atoms with Gasteiger partial charge in [0.15, 0.2) is 17.1 Å². The summed E-state index contributed by atoms with van der Waals surface area (Å²) in [7, 11) is 4.60. The number of nitrogens with two attached hydrogens (primary N) is 1. The van der Waals surface area contributed by atoms with E-state index in [1.807, 2.05) is 24.3 Å². The van der Waals surface area contributed by atoms with Gasteiger partial charge >= 0.3 is 0 Å². The van der Waals surface area contributed by atoms with Crippen LogP contribution in [0.4, 0.5) is 5.82 Å². The third-order valence-corrected chi connectivity index (χ3v) is 4.52. The molecule has 0 bridgehead atoms. The van der Waals surface area contributed by atoms with E-state index >= 15 is 0 Å². The first-order chi connectivity index (χ1) is 13.6. The Kier molecular flexibility index (Phi) is 4.12. The summed E-state index contributed by atoms with van der Waals surface area (Å²) in [6.45, 7) is 0. The van der Waals surface area contributed by atoms with Crippen molar-refractivity contribution >= 4 is 28.0 Å². The third kappa shape index (κ3) is 2.45. The van der Waals surface area contributed by atoms with Crippen LogP contribution in [0, 0.1) is 11.3 Å². The number of methoxy groups -OCH3 is 3. The topological polar surface area (TPSA) is 108 Å². The summed E-state index contributed by atoms with van der Waals surface area (Å²) < 4.78 is 17.9. The second-order valence-corrected chi connectivity index (χ2v) is 5.98. The Morgan fingerprint density at radius 2 is 1.57 bits per heavy atom. The van der Waals surface area contributed by atoms with Gasteiger partial charge in [0.05, 0.1) is 38.1 Å². The molecule has 28 heavy (non-hydrogen) atoms. The minimum atomic E-state index is 0.238. The number of ether oxygens (including phenoxy) is 3. The van der Waals surface area contributed by atoms with Crippen molar-refractivity contribution in [3.63, 3.8) is 0 Å². The largest absolute Gasteiger partial charge is 0.493 e. The van der Waals surface area contributed by atoms with Crippen LogP contribution in [0.15, 0.2) is 36.4 Å².